The monoisotopic (exact) mass is 392 g/mol. The maximum Gasteiger partial charge on any atom is 0.242 e. The van der Waals surface area contributed by atoms with E-state index in [0.29, 0.717) is 42.7 Å². The Hall–Kier alpha value is -1.64. The Morgan fingerprint density at radius 3 is 2.48 bits per heavy atom. The minimum Gasteiger partial charge on any atom is -0.367 e. The molecule has 2 heterocycles. The molecule has 2 saturated heterocycles. The summed E-state index contributed by atoms with van der Waals surface area (Å²) in [5.41, 5.74) is 0.965. The SMILES string of the molecule is CNS(=O)(=O)c1ccccc1N1CCN(C(=O)[C@H]2CC23CCNCC3)CC1. The number of nitrogens with one attached hydrogen (secondary N) is 2. The number of para-hydroxylation sites is 1. The quantitative estimate of drug-likeness (QED) is 0.786. The molecule has 8 heteroatoms. The van der Waals surface area contributed by atoms with Gasteiger partial charge in [-0.05, 0) is 56.9 Å². The summed E-state index contributed by atoms with van der Waals surface area (Å²) in [5.74, 6) is 0.496. The molecule has 3 aliphatic rings. The molecular formula is C19H28N4O3S. The van der Waals surface area contributed by atoms with E-state index < -0.39 is 10.0 Å². The normalized spacial score (nSPS) is 24.9. The van der Waals surface area contributed by atoms with Crippen LogP contribution in [0.1, 0.15) is 19.3 Å². The molecule has 148 valence electrons. The molecule has 4 rings (SSSR count). The number of sulfonamides is 1. The second-order valence-corrected chi connectivity index (χ2v) is 9.71. The van der Waals surface area contributed by atoms with E-state index in [2.05, 4.69) is 14.9 Å². The van der Waals surface area contributed by atoms with Crippen LogP contribution in [0.5, 0.6) is 0 Å². The van der Waals surface area contributed by atoms with Crippen LogP contribution in [-0.2, 0) is 14.8 Å². The lowest BCUT2D eigenvalue weighted by Crippen LogP contribution is -2.50. The van der Waals surface area contributed by atoms with Crippen molar-refractivity contribution in [3.05, 3.63) is 24.3 Å². The van der Waals surface area contributed by atoms with E-state index in [1.165, 1.54) is 7.05 Å². The van der Waals surface area contributed by atoms with Crippen LogP contribution in [0, 0.1) is 11.3 Å². The van der Waals surface area contributed by atoms with E-state index in [1.54, 1.807) is 12.1 Å². The Morgan fingerprint density at radius 1 is 1.15 bits per heavy atom. The van der Waals surface area contributed by atoms with Crippen LogP contribution in [0.25, 0.3) is 0 Å². The van der Waals surface area contributed by atoms with Gasteiger partial charge in [0.05, 0.1) is 5.69 Å². The minimum atomic E-state index is -3.51. The molecule has 0 bridgehead atoms. The Labute approximate surface area is 161 Å². The van der Waals surface area contributed by atoms with Crippen molar-refractivity contribution in [1.82, 2.24) is 14.9 Å². The van der Waals surface area contributed by atoms with Crippen LogP contribution >= 0.6 is 0 Å². The number of benzene rings is 1. The second-order valence-electron chi connectivity index (χ2n) is 7.86. The topological polar surface area (TPSA) is 81.8 Å². The highest BCUT2D eigenvalue weighted by atomic mass is 32.2. The van der Waals surface area contributed by atoms with Crippen molar-refractivity contribution in [2.45, 2.75) is 24.2 Å². The standard InChI is InChI=1S/C19H28N4O3S/c1-20-27(25,26)17-5-3-2-4-16(17)22-10-12-23(13-11-22)18(24)15-14-19(15)6-8-21-9-7-19/h2-5,15,20-21H,6-14H2,1H3/t15-/m1/s1. The van der Waals surface area contributed by atoms with Gasteiger partial charge in [-0.25, -0.2) is 13.1 Å². The number of carbonyl (C=O) groups excluding carboxylic acids is 1. The van der Waals surface area contributed by atoms with Crippen molar-refractivity contribution >= 4 is 21.6 Å². The summed E-state index contributed by atoms with van der Waals surface area (Å²) in [7, 11) is -2.08. The number of rotatable bonds is 4. The largest absolute Gasteiger partial charge is 0.367 e. The van der Waals surface area contributed by atoms with Crippen LogP contribution < -0.4 is 14.9 Å². The number of hydrogen-bond acceptors (Lipinski definition) is 5. The van der Waals surface area contributed by atoms with Crippen molar-refractivity contribution in [3.63, 3.8) is 0 Å². The third-order valence-corrected chi connectivity index (χ3v) is 7.90. The number of piperidine rings is 1. The molecule has 3 fully saturated rings. The molecule has 27 heavy (non-hydrogen) atoms. The first-order valence-corrected chi connectivity index (χ1v) is 11.2. The number of amides is 1. The molecule has 1 atom stereocenters. The number of nitrogens with zero attached hydrogens (tertiary/aromatic N) is 2. The van der Waals surface area contributed by atoms with E-state index >= 15 is 0 Å². The van der Waals surface area contributed by atoms with Crippen LogP contribution in [0.15, 0.2) is 29.2 Å². The zero-order valence-electron chi connectivity index (χ0n) is 15.8. The number of anilines is 1. The molecule has 0 unspecified atom stereocenters. The minimum absolute atomic E-state index is 0.197. The van der Waals surface area contributed by atoms with E-state index in [1.807, 2.05) is 17.0 Å². The van der Waals surface area contributed by atoms with Gasteiger partial charge in [0.1, 0.15) is 4.90 Å². The maximum absolute atomic E-state index is 12.9. The highest BCUT2D eigenvalue weighted by Gasteiger charge is 2.58. The predicted molar refractivity (Wildman–Crippen MR) is 104 cm³/mol. The van der Waals surface area contributed by atoms with Crippen molar-refractivity contribution in [2.24, 2.45) is 11.3 Å². The molecule has 1 aromatic carbocycles. The first kappa shape index (κ1) is 18.7. The van der Waals surface area contributed by atoms with Crippen LogP contribution in [0.4, 0.5) is 5.69 Å². The summed E-state index contributed by atoms with van der Waals surface area (Å²) in [6, 6.07) is 7.06. The molecule has 1 amide bonds. The lowest BCUT2D eigenvalue weighted by atomic mass is 9.91. The molecule has 2 aliphatic heterocycles. The van der Waals surface area contributed by atoms with Gasteiger partial charge in [-0.3, -0.25) is 4.79 Å². The molecule has 1 aromatic rings. The van der Waals surface area contributed by atoms with Gasteiger partial charge in [-0.15, -0.1) is 0 Å². The van der Waals surface area contributed by atoms with Gasteiger partial charge in [0.15, 0.2) is 0 Å². The summed E-state index contributed by atoms with van der Waals surface area (Å²) >= 11 is 0. The van der Waals surface area contributed by atoms with Gasteiger partial charge in [-0.1, -0.05) is 12.1 Å². The molecule has 1 aliphatic carbocycles. The average molecular weight is 393 g/mol. The summed E-state index contributed by atoms with van der Waals surface area (Å²) in [5, 5.41) is 3.38. The third-order valence-electron chi connectivity index (χ3n) is 6.44. The Kier molecular flexibility index (Phi) is 4.90. The fourth-order valence-electron chi connectivity index (χ4n) is 4.62. The lowest BCUT2D eigenvalue weighted by Gasteiger charge is -2.37. The van der Waals surface area contributed by atoms with Crippen LogP contribution in [0.2, 0.25) is 0 Å². The summed E-state index contributed by atoms with van der Waals surface area (Å²) in [6.45, 7) is 4.66. The van der Waals surface area contributed by atoms with Gasteiger partial charge in [-0.2, -0.15) is 0 Å². The fraction of sp³-hybridized carbons (Fsp3) is 0.632. The maximum atomic E-state index is 12.9. The summed E-state index contributed by atoms with van der Waals surface area (Å²) in [6.07, 6.45) is 3.26. The van der Waals surface area contributed by atoms with E-state index in [0.717, 1.165) is 32.4 Å². The van der Waals surface area contributed by atoms with Gasteiger partial charge in [0.25, 0.3) is 0 Å². The fourth-order valence-corrected chi connectivity index (χ4v) is 5.57. The number of hydrogen-bond donors (Lipinski definition) is 2. The Bertz CT molecular complexity index is 812. The Balaban J connectivity index is 1.41. The van der Waals surface area contributed by atoms with Gasteiger partial charge < -0.3 is 15.1 Å². The third kappa shape index (κ3) is 3.46. The van der Waals surface area contributed by atoms with Crippen molar-refractivity contribution in [1.29, 1.82) is 0 Å². The molecule has 1 spiro atoms. The van der Waals surface area contributed by atoms with E-state index in [-0.39, 0.29) is 11.3 Å². The molecule has 0 radical (unpaired) electrons. The molecular weight excluding hydrogens is 364 g/mol. The number of piperazine rings is 1. The molecule has 2 N–H and O–H groups in total. The zero-order valence-corrected chi connectivity index (χ0v) is 16.6. The summed E-state index contributed by atoms with van der Waals surface area (Å²) < 4.78 is 27.0. The van der Waals surface area contributed by atoms with Crippen molar-refractivity contribution < 1.29 is 13.2 Å². The first-order chi connectivity index (χ1) is 13.0. The van der Waals surface area contributed by atoms with Gasteiger partial charge in [0, 0.05) is 32.1 Å². The van der Waals surface area contributed by atoms with Crippen LogP contribution in [-0.4, -0.2) is 65.5 Å². The molecule has 1 saturated carbocycles. The smallest absolute Gasteiger partial charge is 0.242 e. The predicted octanol–water partition coefficient (Wildman–Crippen LogP) is 0.633. The van der Waals surface area contributed by atoms with Crippen molar-refractivity contribution in [3.8, 4) is 0 Å². The molecule has 7 nitrogen and oxygen atoms in total. The second kappa shape index (κ2) is 7.07. The Morgan fingerprint density at radius 2 is 1.81 bits per heavy atom. The number of carbonyl (C=O) groups is 1. The van der Waals surface area contributed by atoms with Crippen LogP contribution in [0.3, 0.4) is 0 Å². The highest BCUT2D eigenvalue weighted by Crippen LogP contribution is 2.59. The van der Waals surface area contributed by atoms with Crippen molar-refractivity contribution in [2.75, 3.05) is 51.2 Å². The average Bonchev–Trinajstić information content (AvgIpc) is 3.40. The van der Waals surface area contributed by atoms with E-state index in [9.17, 15) is 13.2 Å². The zero-order chi connectivity index (χ0) is 19.1. The first-order valence-electron chi connectivity index (χ1n) is 9.74. The highest BCUT2D eigenvalue weighted by molar-refractivity contribution is 7.89. The van der Waals surface area contributed by atoms with Gasteiger partial charge in [0.2, 0.25) is 15.9 Å². The summed E-state index contributed by atoms with van der Waals surface area (Å²) in [4.78, 5) is 17.3. The van der Waals surface area contributed by atoms with E-state index in [4.69, 9.17) is 0 Å². The van der Waals surface area contributed by atoms with Gasteiger partial charge >= 0.3 is 0 Å². The molecule has 0 aromatic heterocycles. The lowest BCUT2D eigenvalue weighted by molar-refractivity contribution is -0.133.